The lowest BCUT2D eigenvalue weighted by Gasteiger charge is -2.08. The van der Waals surface area contributed by atoms with E-state index in [1.54, 1.807) is 11.3 Å². The van der Waals surface area contributed by atoms with Gasteiger partial charge in [-0.1, -0.05) is 0 Å². The molecule has 0 radical (unpaired) electrons. The topological polar surface area (TPSA) is 29.0 Å². The molecule has 0 atom stereocenters. The number of thiophene rings is 1. The maximum absolute atomic E-state index is 4.46. The minimum Gasteiger partial charge on any atom is -0.347 e. The highest BCUT2D eigenvalue weighted by molar-refractivity contribution is 7.17. The average Bonchev–Trinajstić information content (AvgIpc) is 2.47. The van der Waals surface area contributed by atoms with E-state index < -0.39 is 0 Å². The second kappa shape index (κ2) is 2.96. The molecule has 0 bridgehead atoms. The van der Waals surface area contributed by atoms with Gasteiger partial charge in [-0.15, -0.1) is 11.3 Å². The van der Waals surface area contributed by atoms with Crippen molar-refractivity contribution in [2.45, 2.75) is 6.92 Å². The summed E-state index contributed by atoms with van der Waals surface area (Å²) in [7, 11) is 3.89. The van der Waals surface area contributed by atoms with Gasteiger partial charge in [0.2, 0.25) is 5.95 Å². The Hall–Kier alpha value is -1.16. The van der Waals surface area contributed by atoms with Gasteiger partial charge in [0.05, 0.1) is 16.4 Å². The second-order valence-corrected chi connectivity index (χ2v) is 4.11. The van der Waals surface area contributed by atoms with Crippen molar-refractivity contribution in [1.82, 2.24) is 9.97 Å². The summed E-state index contributed by atoms with van der Waals surface area (Å²) in [4.78, 5) is 10.6. The van der Waals surface area contributed by atoms with Crippen LogP contribution in [0, 0.1) is 6.92 Å². The lowest BCUT2D eigenvalue weighted by molar-refractivity contribution is 1.02. The number of anilines is 1. The molecular formula is C9H11N3S. The third-order valence-electron chi connectivity index (χ3n) is 1.88. The van der Waals surface area contributed by atoms with Gasteiger partial charge in [0.15, 0.2) is 0 Å². The van der Waals surface area contributed by atoms with E-state index in [0.717, 1.165) is 16.2 Å². The third-order valence-corrected chi connectivity index (χ3v) is 2.90. The van der Waals surface area contributed by atoms with Gasteiger partial charge in [0, 0.05) is 14.1 Å². The summed E-state index contributed by atoms with van der Waals surface area (Å²) in [6.45, 7) is 2.07. The Labute approximate surface area is 81.0 Å². The maximum atomic E-state index is 4.46. The molecule has 2 heterocycles. The van der Waals surface area contributed by atoms with E-state index in [0.29, 0.717) is 0 Å². The molecule has 0 saturated heterocycles. The Morgan fingerprint density at radius 1 is 1.38 bits per heavy atom. The van der Waals surface area contributed by atoms with Crippen LogP contribution in [-0.2, 0) is 0 Å². The molecular weight excluding hydrogens is 182 g/mol. The number of hydrogen-bond acceptors (Lipinski definition) is 4. The molecule has 0 aliphatic carbocycles. The van der Waals surface area contributed by atoms with Gasteiger partial charge in [-0.05, 0) is 17.9 Å². The van der Waals surface area contributed by atoms with Crippen molar-refractivity contribution in [3.63, 3.8) is 0 Å². The Bertz CT molecular complexity index is 433. The third kappa shape index (κ3) is 1.37. The molecule has 13 heavy (non-hydrogen) atoms. The molecule has 2 aromatic rings. The van der Waals surface area contributed by atoms with Crippen molar-refractivity contribution in [2.24, 2.45) is 0 Å². The minimum absolute atomic E-state index is 0.772. The van der Waals surface area contributed by atoms with Crippen molar-refractivity contribution in [2.75, 3.05) is 19.0 Å². The molecule has 4 heteroatoms. The molecule has 0 fully saturated rings. The number of fused-ring (bicyclic) bond motifs is 1. The summed E-state index contributed by atoms with van der Waals surface area (Å²) in [5.41, 5.74) is 2.30. The quantitative estimate of drug-likeness (QED) is 0.694. The highest BCUT2D eigenvalue weighted by Crippen LogP contribution is 2.23. The molecule has 0 saturated carbocycles. The normalized spacial score (nSPS) is 10.7. The average molecular weight is 193 g/mol. The second-order valence-electron chi connectivity index (χ2n) is 3.20. The summed E-state index contributed by atoms with van der Waals surface area (Å²) in [5, 5.41) is 2.11. The summed E-state index contributed by atoms with van der Waals surface area (Å²) in [6, 6.07) is 0. The van der Waals surface area contributed by atoms with Crippen LogP contribution in [0.2, 0.25) is 0 Å². The number of rotatable bonds is 1. The fourth-order valence-corrected chi connectivity index (χ4v) is 2.00. The van der Waals surface area contributed by atoms with E-state index in [4.69, 9.17) is 0 Å². The Morgan fingerprint density at radius 3 is 2.85 bits per heavy atom. The van der Waals surface area contributed by atoms with Gasteiger partial charge in [-0.2, -0.15) is 0 Å². The summed E-state index contributed by atoms with van der Waals surface area (Å²) in [5.74, 6) is 0.772. The standard InChI is InChI=1S/C9H11N3S/c1-6-5-13-7-4-10-9(12(2)3)11-8(6)7/h4-5H,1-3H3. The van der Waals surface area contributed by atoms with E-state index in [1.807, 2.05) is 25.2 Å². The van der Waals surface area contributed by atoms with E-state index in [2.05, 4.69) is 22.3 Å². The number of aromatic nitrogens is 2. The van der Waals surface area contributed by atoms with Crippen molar-refractivity contribution in [3.05, 3.63) is 17.1 Å². The predicted octanol–water partition coefficient (Wildman–Crippen LogP) is 2.07. The first-order valence-electron chi connectivity index (χ1n) is 4.06. The van der Waals surface area contributed by atoms with E-state index in [-0.39, 0.29) is 0 Å². The van der Waals surface area contributed by atoms with E-state index in [9.17, 15) is 0 Å². The lowest BCUT2D eigenvalue weighted by atomic mass is 10.3. The SMILES string of the molecule is Cc1csc2cnc(N(C)C)nc12. The van der Waals surface area contributed by atoms with Crippen molar-refractivity contribution >= 4 is 27.5 Å². The van der Waals surface area contributed by atoms with E-state index in [1.165, 1.54) is 5.56 Å². The highest BCUT2D eigenvalue weighted by Gasteiger charge is 2.04. The molecule has 2 aromatic heterocycles. The minimum atomic E-state index is 0.772. The molecule has 0 aromatic carbocycles. The van der Waals surface area contributed by atoms with Crippen molar-refractivity contribution in [1.29, 1.82) is 0 Å². The Morgan fingerprint density at radius 2 is 2.15 bits per heavy atom. The molecule has 0 N–H and O–H groups in total. The van der Waals surface area contributed by atoms with Crippen molar-refractivity contribution in [3.8, 4) is 0 Å². The maximum Gasteiger partial charge on any atom is 0.225 e. The Kier molecular flexibility index (Phi) is 1.92. The van der Waals surface area contributed by atoms with Gasteiger partial charge < -0.3 is 4.90 Å². The first-order valence-corrected chi connectivity index (χ1v) is 4.94. The number of aryl methyl sites for hydroxylation is 1. The monoisotopic (exact) mass is 193 g/mol. The number of hydrogen-bond donors (Lipinski definition) is 0. The predicted molar refractivity (Wildman–Crippen MR) is 56.5 cm³/mol. The van der Waals surface area contributed by atoms with Crippen molar-refractivity contribution < 1.29 is 0 Å². The Balaban J connectivity index is 2.66. The molecule has 0 amide bonds. The fraction of sp³-hybridized carbons (Fsp3) is 0.333. The molecule has 3 nitrogen and oxygen atoms in total. The summed E-state index contributed by atoms with van der Waals surface area (Å²) in [6.07, 6.45) is 1.88. The molecule has 0 unspecified atom stereocenters. The molecule has 0 aliphatic rings. The van der Waals surface area contributed by atoms with Crippen LogP contribution in [0.5, 0.6) is 0 Å². The van der Waals surface area contributed by atoms with Gasteiger partial charge in [0.1, 0.15) is 0 Å². The zero-order chi connectivity index (χ0) is 9.42. The molecule has 0 spiro atoms. The molecule has 68 valence electrons. The first kappa shape index (κ1) is 8.44. The smallest absolute Gasteiger partial charge is 0.225 e. The molecule has 0 aliphatic heterocycles. The zero-order valence-corrected chi connectivity index (χ0v) is 8.72. The van der Waals surface area contributed by atoms with Crippen LogP contribution in [0.3, 0.4) is 0 Å². The van der Waals surface area contributed by atoms with Crippen LogP contribution < -0.4 is 4.90 Å². The van der Waals surface area contributed by atoms with Gasteiger partial charge in [-0.3, -0.25) is 0 Å². The van der Waals surface area contributed by atoms with Crippen LogP contribution in [-0.4, -0.2) is 24.1 Å². The van der Waals surface area contributed by atoms with E-state index >= 15 is 0 Å². The van der Waals surface area contributed by atoms with Crippen LogP contribution in [0.1, 0.15) is 5.56 Å². The zero-order valence-electron chi connectivity index (χ0n) is 7.90. The van der Waals surface area contributed by atoms with Gasteiger partial charge >= 0.3 is 0 Å². The first-order chi connectivity index (χ1) is 6.18. The summed E-state index contributed by atoms with van der Waals surface area (Å²) < 4.78 is 1.16. The van der Waals surface area contributed by atoms with Crippen LogP contribution in [0.25, 0.3) is 10.2 Å². The van der Waals surface area contributed by atoms with Gasteiger partial charge in [-0.25, -0.2) is 9.97 Å². The summed E-state index contributed by atoms with van der Waals surface area (Å²) >= 11 is 1.69. The van der Waals surface area contributed by atoms with Crippen LogP contribution >= 0.6 is 11.3 Å². The lowest BCUT2D eigenvalue weighted by Crippen LogP contribution is -2.12. The molecule has 2 rings (SSSR count). The highest BCUT2D eigenvalue weighted by atomic mass is 32.1. The van der Waals surface area contributed by atoms with Crippen LogP contribution in [0.4, 0.5) is 5.95 Å². The fourth-order valence-electron chi connectivity index (χ4n) is 1.15. The largest absolute Gasteiger partial charge is 0.347 e. The van der Waals surface area contributed by atoms with Gasteiger partial charge in [0.25, 0.3) is 0 Å². The van der Waals surface area contributed by atoms with Crippen LogP contribution in [0.15, 0.2) is 11.6 Å². The number of nitrogens with zero attached hydrogens (tertiary/aromatic N) is 3.